The molecule has 1 aliphatic rings. The number of anilines is 1. The molecule has 118 valence electrons. The second kappa shape index (κ2) is 6.17. The molecule has 1 heterocycles. The van der Waals surface area contributed by atoms with Crippen LogP contribution in [0.2, 0.25) is 19.6 Å². The first-order valence-electron chi connectivity index (χ1n) is 8.08. The normalized spacial score (nSPS) is 16.6. The molecular formula is C20H23NOSi. The molecule has 3 heteroatoms. The predicted octanol–water partition coefficient (Wildman–Crippen LogP) is 4.69. The van der Waals surface area contributed by atoms with Crippen LogP contribution in [-0.2, 0) is 6.54 Å². The van der Waals surface area contributed by atoms with Crippen LogP contribution in [0.1, 0.15) is 15.9 Å². The summed E-state index contributed by atoms with van der Waals surface area (Å²) in [4.78, 5) is 15.1. The smallest absolute Gasteiger partial charge is 0.192 e. The number of benzene rings is 2. The lowest BCUT2D eigenvalue weighted by Crippen LogP contribution is -2.35. The molecule has 0 fully saturated rings. The summed E-state index contributed by atoms with van der Waals surface area (Å²) in [6.45, 7) is 8.35. The first-order valence-corrected chi connectivity index (χ1v) is 11.7. The minimum absolute atomic E-state index is 0.201. The van der Waals surface area contributed by atoms with E-state index in [9.17, 15) is 4.79 Å². The number of nitrogens with zero attached hydrogens (tertiary/aromatic N) is 1. The molecule has 2 aromatic rings. The predicted molar refractivity (Wildman–Crippen MR) is 99.7 cm³/mol. The van der Waals surface area contributed by atoms with E-state index in [1.54, 1.807) is 0 Å². The van der Waals surface area contributed by atoms with Crippen LogP contribution in [0.5, 0.6) is 0 Å². The van der Waals surface area contributed by atoms with Gasteiger partial charge in [-0.1, -0.05) is 67.8 Å². The van der Waals surface area contributed by atoms with Crippen molar-refractivity contribution < 1.29 is 4.79 Å². The molecule has 1 aliphatic heterocycles. The second-order valence-electron chi connectivity index (χ2n) is 7.22. The summed E-state index contributed by atoms with van der Waals surface area (Å²) in [7, 11) is -1.44. The van der Waals surface area contributed by atoms with Gasteiger partial charge in [-0.15, -0.1) is 0 Å². The highest BCUT2D eigenvalue weighted by Crippen LogP contribution is 2.31. The van der Waals surface area contributed by atoms with Crippen molar-refractivity contribution in [2.45, 2.75) is 26.2 Å². The molecule has 0 saturated heterocycles. The monoisotopic (exact) mass is 321 g/mol. The lowest BCUT2D eigenvalue weighted by molar-refractivity contribution is 0.103. The van der Waals surface area contributed by atoms with Gasteiger partial charge in [-0.05, 0) is 17.7 Å². The number of hydrogen-bond acceptors (Lipinski definition) is 2. The van der Waals surface area contributed by atoms with E-state index in [2.05, 4.69) is 60.6 Å². The molecule has 0 aliphatic carbocycles. The van der Waals surface area contributed by atoms with Crippen molar-refractivity contribution in [3.8, 4) is 0 Å². The molecule has 2 aromatic carbocycles. The highest BCUT2D eigenvalue weighted by molar-refractivity contribution is 6.81. The van der Waals surface area contributed by atoms with Crippen molar-refractivity contribution in [3.05, 3.63) is 77.0 Å². The van der Waals surface area contributed by atoms with Gasteiger partial charge >= 0.3 is 0 Å². The van der Waals surface area contributed by atoms with Crippen molar-refractivity contribution in [2.24, 2.45) is 0 Å². The summed E-state index contributed by atoms with van der Waals surface area (Å²) in [5, 5.41) is 0. The van der Waals surface area contributed by atoms with Gasteiger partial charge in [-0.3, -0.25) is 4.79 Å². The van der Waals surface area contributed by atoms with Gasteiger partial charge in [0.2, 0.25) is 0 Å². The Kier molecular flexibility index (Phi) is 4.22. The van der Waals surface area contributed by atoms with Gasteiger partial charge in [-0.2, -0.15) is 0 Å². The lowest BCUT2D eigenvalue weighted by atomic mass is 9.96. The largest absolute Gasteiger partial charge is 0.362 e. The van der Waals surface area contributed by atoms with Crippen LogP contribution >= 0.6 is 0 Å². The maximum Gasteiger partial charge on any atom is 0.192 e. The Morgan fingerprint density at radius 2 is 1.65 bits per heavy atom. The molecule has 0 N–H and O–H groups in total. The number of fused-ring (bicyclic) bond motifs is 1. The quantitative estimate of drug-likeness (QED) is 0.603. The summed E-state index contributed by atoms with van der Waals surface area (Å²) < 4.78 is 0. The van der Waals surface area contributed by atoms with Crippen molar-refractivity contribution >= 4 is 19.5 Å². The van der Waals surface area contributed by atoms with Crippen LogP contribution < -0.4 is 4.90 Å². The molecule has 3 rings (SSSR count). The number of carbonyl (C=O) groups excluding carboxylic acids is 1. The summed E-state index contributed by atoms with van der Waals surface area (Å²) in [6, 6.07) is 18.4. The number of para-hydroxylation sites is 1. The number of Topliss-reactive ketones (excluding diaryl/α,β-unsaturated/α-hetero) is 1. The molecule has 0 spiro atoms. The van der Waals surface area contributed by atoms with E-state index < -0.39 is 8.07 Å². The van der Waals surface area contributed by atoms with Gasteiger partial charge in [0.1, 0.15) is 0 Å². The van der Waals surface area contributed by atoms with E-state index in [1.165, 1.54) is 5.56 Å². The molecule has 0 radical (unpaired) electrons. The maximum atomic E-state index is 12.8. The standard InChI is InChI=1S/C20H23NOSi/c1-23(2,3)15-17-14-21(13-16-9-5-4-6-10-16)19-12-8-7-11-18(19)20(17)22/h4-12,15H,13-14H2,1-3H3/b17-15+. The third kappa shape index (κ3) is 3.62. The van der Waals surface area contributed by atoms with Crippen molar-refractivity contribution in [1.82, 2.24) is 0 Å². The van der Waals surface area contributed by atoms with Crippen LogP contribution in [0.25, 0.3) is 0 Å². The van der Waals surface area contributed by atoms with Crippen LogP contribution in [0, 0.1) is 0 Å². The molecule has 0 atom stereocenters. The van der Waals surface area contributed by atoms with Crippen LogP contribution in [0.15, 0.2) is 65.9 Å². The third-order valence-corrected chi connectivity index (χ3v) is 5.18. The molecule has 0 bridgehead atoms. The maximum absolute atomic E-state index is 12.8. The van der Waals surface area contributed by atoms with Crippen LogP contribution in [0.3, 0.4) is 0 Å². The van der Waals surface area contributed by atoms with E-state index in [-0.39, 0.29) is 5.78 Å². The highest BCUT2D eigenvalue weighted by atomic mass is 28.3. The summed E-state index contributed by atoms with van der Waals surface area (Å²) in [5.41, 5.74) is 6.36. The summed E-state index contributed by atoms with van der Waals surface area (Å²) >= 11 is 0. The Hall–Kier alpha value is -2.13. The zero-order chi connectivity index (χ0) is 16.4. The van der Waals surface area contributed by atoms with E-state index in [0.717, 1.165) is 23.4 Å². The minimum atomic E-state index is -1.44. The molecule has 0 unspecified atom stereocenters. The Morgan fingerprint density at radius 3 is 2.35 bits per heavy atom. The van der Waals surface area contributed by atoms with Crippen LogP contribution in [0.4, 0.5) is 5.69 Å². The molecule has 0 aromatic heterocycles. The van der Waals surface area contributed by atoms with Gasteiger partial charge in [0.05, 0.1) is 8.07 Å². The Bertz CT molecular complexity index is 744. The number of rotatable bonds is 3. The summed E-state index contributed by atoms with van der Waals surface area (Å²) in [5.74, 6) is 0.201. The first-order chi connectivity index (χ1) is 10.9. The molecule has 0 saturated carbocycles. The van der Waals surface area contributed by atoms with Gasteiger partial charge in [0, 0.05) is 29.9 Å². The fourth-order valence-electron chi connectivity index (χ4n) is 3.06. The minimum Gasteiger partial charge on any atom is -0.362 e. The second-order valence-corrected chi connectivity index (χ2v) is 12.2. The SMILES string of the molecule is C[Si](C)(C)/C=C1\CN(Cc2ccccc2)c2ccccc2C1=O. The molecular weight excluding hydrogens is 298 g/mol. The molecule has 0 amide bonds. The Balaban J connectivity index is 2.00. The van der Waals surface area contributed by atoms with E-state index in [1.807, 2.05) is 24.3 Å². The van der Waals surface area contributed by atoms with Crippen LogP contribution in [-0.4, -0.2) is 20.4 Å². The zero-order valence-corrected chi connectivity index (χ0v) is 15.0. The lowest BCUT2D eigenvalue weighted by Gasteiger charge is -2.33. The van der Waals surface area contributed by atoms with E-state index in [0.29, 0.717) is 6.54 Å². The van der Waals surface area contributed by atoms with Crippen molar-refractivity contribution in [3.63, 3.8) is 0 Å². The zero-order valence-electron chi connectivity index (χ0n) is 14.0. The topological polar surface area (TPSA) is 20.3 Å². The van der Waals surface area contributed by atoms with Crippen molar-refractivity contribution in [1.29, 1.82) is 0 Å². The molecule has 23 heavy (non-hydrogen) atoms. The van der Waals surface area contributed by atoms with Crippen molar-refractivity contribution in [2.75, 3.05) is 11.4 Å². The van der Waals surface area contributed by atoms with Gasteiger partial charge in [0.25, 0.3) is 0 Å². The van der Waals surface area contributed by atoms with Gasteiger partial charge in [0.15, 0.2) is 5.78 Å². The number of ketones is 1. The first kappa shape index (κ1) is 15.8. The average Bonchev–Trinajstić information content (AvgIpc) is 2.52. The number of carbonyl (C=O) groups is 1. The fourth-order valence-corrected chi connectivity index (χ4v) is 4.32. The summed E-state index contributed by atoms with van der Waals surface area (Å²) in [6.07, 6.45) is 0. The van der Waals surface area contributed by atoms with Gasteiger partial charge in [-0.25, -0.2) is 0 Å². The van der Waals surface area contributed by atoms with E-state index in [4.69, 9.17) is 0 Å². The Morgan fingerprint density at radius 1 is 1.00 bits per heavy atom. The molecule has 2 nitrogen and oxygen atoms in total. The Labute approximate surface area is 139 Å². The van der Waals surface area contributed by atoms with Gasteiger partial charge < -0.3 is 4.90 Å². The third-order valence-electron chi connectivity index (χ3n) is 3.97. The number of hydrogen-bond donors (Lipinski definition) is 0. The average molecular weight is 321 g/mol. The fraction of sp³-hybridized carbons (Fsp3) is 0.250. The highest BCUT2D eigenvalue weighted by Gasteiger charge is 2.28. The van der Waals surface area contributed by atoms with E-state index >= 15 is 0 Å².